The molecular formula is C14H10BrClO2. The zero-order valence-corrected chi connectivity index (χ0v) is 11.7. The first-order valence-corrected chi connectivity index (χ1v) is 6.74. The maximum Gasteiger partial charge on any atom is 0.175 e. The van der Waals surface area contributed by atoms with Crippen LogP contribution in [0.4, 0.5) is 0 Å². The molecule has 1 aliphatic rings. The maximum absolute atomic E-state index is 5.94. The van der Waals surface area contributed by atoms with Gasteiger partial charge < -0.3 is 9.47 Å². The molecule has 0 spiro atoms. The molecule has 1 atom stereocenters. The van der Waals surface area contributed by atoms with E-state index in [-0.39, 0.29) is 6.10 Å². The molecule has 0 aromatic heterocycles. The summed E-state index contributed by atoms with van der Waals surface area (Å²) in [5.74, 6) is 1.53. The zero-order chi connectivity index (χ0) is 12.5. The minimum atomic E-state index is -0.0935. The van der Waals surface area contributed by atoms with Gasteiger partial charge in [-0.2, -0.15) is 0 Å². The molecule has 0 saturated heterocycles. The molecule has 2 nitrogen and oxygen atoms in total. The monoisotopic (exact) mass is 324 g/mol. The minimum absolute atomic E-state index is 0.0935. The summed E-state index contributed by atoms with van der Waals surface area (Å²) < 4.78 is 12.6. The summed E-state index contributed by atoms with van der Waals surface area (Å²) in [5, 5.41) is 0.721. The van der Waals surface area contributed by atoms with Crippen LogP contribution in [0.15, 0.2) is 46.9 Å². The molecule has 0 N–H and O–H groups in total. The molecule has 1 aliphatic heterocycles. The zero-order valence-electron chi connectivity index (χ0n) is 9.40. The van der Waals surface area contributed by atoms with Crippen LogP contribution in [0.25, 0.3) is 0 Å². The van der Waals surface area contributed by atoms with Gasteiger partial charge in [0.25, 0.3) is 0 Å². The van der Waals surface area contributed by atoms with E-state index in [1.54, 1.807) is 0 Å². The average molecular weight is 326 g/mol. The third kappa shape index (κ3) is 2.20. The van der Waals surface area contributed by atoms with E-state index in [1.807, 2.05) is 42.5 Å². The molecule has 18 heavy (non-hydrogen) atoms. The van der Waals surface area contributed by atoms with Gasteiger partial charge in [0.2, 0.25) is 0 Å². The van der Waals surface area contributed by atoms with E-state index in [4.69, 9.17) is 21.1 Å². The van der Waals surface area contributed by atoms with Crippen molar-refractivity contribution in [1.29, 1.82) is 0 Å². The predicted octanol–water partition coefficient (Wildman–Crippen LogP) is 4.62. The van der Waals surface area contributed by atoms with Gasteiger partial charge in [-0.15, -0.1) is 0 Å². The first-order valence-electron chi connectivity index (χ1n) is 5.57. The number of para-hydroxylation sites is 1. The summed E-state index contributed by atoms with van der Waals surface area (Å²) in [4.78, 5) is 0. The van der Waals surface area contributed by atoms with Gasteiger partial charge in [0, 0.05) is 5.02 Å². The molecule has 2 aromatic rings. The van der Waals surface area contributed by atoms with E-state index in [0.29, 0.717) is 6.61 Å². The Morgan fingerprint density at radius 3 is 2.67 bits per heavy atom. The summed E-state index contributed by atoms with van der Waals surface area (Å²) >= 11 is 9.32. The van der Waals surface area contributed by atoms with E-state index in [9.17, 15) is 0 Å². The highest BCUT2D eigenvalue weighted by molar-refractivity contribution is 9.10. The van der Waals surface area contributed by atoms with Crippen LogP contribution in [-0.4, -0.2) is 6.61 Å². The normalized spacial score (nSPS) is 17.6. The second-order valence-corrected chi connectivity index (χ2v) is 5.33. The molecule has 0 aliphatic carbocycles. The molecular weight excluding hydrogens is 316 g/mol. The van der Waals surface area contributed by atoms with Gasteiger partial charge in [0.05, 0.1) is 4.47 Å². The third-order valence-corrected chi connectivity index (χ3v) is 3.70. The fourth-order valence-corrected chi connectivity index (χ4v) is 2.50. The molecule has 3 rings (SSSR count). The Hall–Kier alpha value is -1.19. The summed E-state index contributed by atoms with van der Waals surface area (Å²) in [6.45, 7) is 0.497. The van der Waals surface area contributed by atoms with Crippen LogP contribution in [0, 0.1) is 0 Å². The largest absolute Gasteiger partial charge is 0.484 e. The van der Waals surface area contributed by atoms with Crippen LogP contribution in [0.1, 0.15) is 11.7 Å². The van der Waals surface area contributed by atoms with Gasteiger partial charge in [-0.1, -0.05) is 29.8 Å². The van der Waals surface area contributed by atoms with Crippen LogP contribution in [0.3, 0.4) is 0 Å². The van der Waals surface area contributed by atoms with Crippen molar-refractivity contribution < 1.29 is 9.47 Å². The second kappa shape index (κ2) is 4.82. The van der Waals surface area contributed by atoms with Gasteiger partial charge in [-0.25, -0.2) is 0 Å². The first-order chi connectivity index (χ1) is 8.74. The number of rotatable bonds is 1. The lowest BCUT2D eigenvalue weighted by molar-refractivity contribution is 0.0905. The summed E-state index contributed by atoms with van der Waals surface area (Å²) in [6, 6.07) is 13.4. The molecule has 2 aromatic carbocycles. The molecule has 92 valence electrons. The van der Waals surface area contributed by atoms with Crippen molar-refractivity contribution in [2.45, 2.75) is 6.10 Å². The third-order valence-electron chi connectivity index (χ3n) is 2.82. The van der Waals surface area contributed by atoms with Crippen LogP contribution in [-0.2, 0) is 0 Å². The first kappa shape index (κ1) is 11.9. The van der Waals surface area contributed by atoms with Crippen LogP contribution in [0.5, 0.6) is 11.5 Å². The maximum atomic E-state index is 5.94. The van der Waals surface area contributed by atoms with Crippen LogP contribution < -0.4 is 9.47 Å². The fraction of sp³-hybridized carbons (Fsp3) is 0.143. The van der Waals surface area contributed by atoms with Crippen molar-refractivity contribution in [3.63, 3.8) is 0 Å². The molecule has 1 heterocycles. The average Bonchev–Trinajstić information content (AvgIpc) is 2.39. The van der Waals surface area contributed by atoms with Gasteiger partial charge in [-0.3, -0.25) is 0 Å². The van der Waals surface area contributed by atoms with Crippen molar-refractivity contribution in [2.75, 3.05) is 6.61 Å². The summed E-state index contributed by atoms with van der Waals surface area (Å²) in [7, 11) is 0. The quantitative estimate of drug-likeness (QED) is 0.762. The Bertz CT molecular complexity index is 569. The number of ether oxygens (including phenoxy) is 2. The molecule has 0 saturated carbocycles. The summed E-state index contributed by atoms with van der Waals surface area (Å²) in [5.41, 5.74) is 1.06. The lowest BCUT2D eigenvalue weighted by atomic mass is 10.1. The second-order valence-electron chi connectivity index (χ2n) is 4.04. The number of fused-ring (bicyclic) bond motifs is 1. The molecule has 0 radical (unpaired) electrons. The number of benzene rings is 2. The van der Waals surface area contributed by atoms with Crippen LogP contribution >= 0.6 is 27.5 Å². The van der Waals surface area contributed by atoms with E-state index in [1.165, 1.54) is 0 Å². The fourth-order valence-electron chi connectivity index (χ4n) is 1.91. The highest BCUT2D eigenvalue weighted by Crippen LogP contribution is 2.41. The van der Waals surface area contributed by atoms with E-state index < -0.39 is 0 Å². The lowest BCUT2D eigenvalue weighted by Crippen LogP contribution is -2.21. The van der Waals surface area contributed by atoms with E-state index in [0.717, 1.165) is 26.6 Å². The molecule has 0 amide bonds. The van der Waals surface area contributed by atoms with Gasteiger partial charge in [0.1, 0.15) is 6.61 Å². The van der Waals surface area contributed by atoms with E-state index >= 15 is 0 Å². The Morgan fingerprint density at radius 1 is 1.11 bits per heavy atom. The SMILES string of the molecule is Clc1ccc([C@@H]2COc3c(Br)cccc3O2)cc1. The molecule has 4 heteroatoms. The van der Waals surface area contributed by atoms with Crippen molar-refractivity contribution in [3.05, 3.63) is 57.5 Å². The highest BCUT2D eigenvalue weighted by Gasteiger charge is 2.23. The number of hydrogen-bond donors (Lipinski definition) is 0. The van der Waals surface area contributed by atoms with Gasteiger partial charge in [0.15, 0.2) is 17.6 Å². The Balaban J connectivity index is 1.89. The number of halogens is 2. The van der Waals surface area contributed by atoms with E-state index in [2.05, 4.69) is 15.9 Å². The van der Waals surface area contributed by atoms with Crippen molar-refractivity contribution in [2.24, 2.45) is 0 Å². The van der Waals surface area contributed by atoms with Crippen molar-refractivity contribution in [3.8, 4) is 11.5 Å². The Labute approximate surface area is 119 Å². The Kier molecular flexibility index (Phi) is 3.18. The summed E-state index contributed by atoms with van der Waals surface area (Å²) in [6.07, 6.45) is -0.0935. The highest BCUT2D eigenvalue weighted by atomic mass is 79.9. The standard InChI is InChI=1S/C14H10BrClO2/c15-11-2-1-3-12-14(11)17-8-13(18-12)9-4-6-10(16)7-5-9/h1-7,13H,8H2/t13-/m0/s1. The van der Waals surface area contributed by atoms with Crippen molar-refractivity contribution in [1.82, 2.24) is 0 Å². The molecule has 0 bridgehead atoms. The number of hydrogen-bond acceptors (Lipinski definition) is 2. The molecule has 0 fully saturated rings. The van der Waals surface area contributed by atoms with Gasteiger partial charge in [-0.05, 0) is 45.8 Å². The van der Waals surface area contributed by atoms with Gasteiger partial charge >= 0.3 is 0 Å². The van der Waals surface area contributed by atoms with Crippen LogP contribution in [0.2, 0.25) is 5.02 Å². The molecule has 0 unspecified atom stereocenters. The Morgan fingerprint density at radius 2 is 1.89 bits per heavy atom. The van der Waals surface area contributed by atoms with Crippen molar-refractivity contribution >= 4 is 27.5 Å². The minimum Gasteiger partial charge on any atom is -0.484 e. The topological polar surface area (TPSA) is 18.5 Å². The smallest absolute Gasteiger partial charge is 0.175 e. The lowest BCUT2D eigenvalue weighted by Gasteiger charge is -2.27. The predicted molar refractivity (Wildman–Crippen MR) is 74.5 cm³/mol.